The molecule has 0 aliphatic rings. The molecule has 0 fully saturated rings. The lowest BCUT2D eigenvalue weighted by atomic mass is 10.2. The number of hydrogen-bond acceptors (Lipinski definition) is 4. The highest BCUT2D eigenvalue weighted by molar-refractivity contribution is 5.89. The molecule has 0 saturated carbocycles. The second-order valence-corrected chi connectivity index (χ2v) is 2.63. The first-order valence-corrected chi connectivity index (χ1v) is 3.55. The van der Waals surface area contributed by atoms with Gasteiger partial charge in [0.2, 0.25) is 0 Å². The smallest absolute Gasteiger partial charge is 0.296 e. The quantitative estimate of drug-likeness (QED) is 0.387. The van der Waals surface area contributed by atoms with Gasteiger partial charge in [-0.15, -0.1) is 0 Å². The van der Waals surface area contributed by atoms with Gasteiger partial charge in [0.15, 0.2) is 0 Å². The number of anilines is 1. The van der Waals surface area contributed by atoms with E-state index in [0.29, 0.717) is 16.6 Å². The number of hydrogen-bond donors (Lipinski definition) is 2. The topological polar surface area (TPSA) is 97.8 Å². The largest absolute Gasteiger partial charge is 0.399 e. The molecular weight excluding hydrogens is 172 g/mol. The number of benzene rings is 1. The van der Waals surface area contributed by atoms with E-state index in [0.717, 1.165) is 0 Å². The van der Waals surface area contributed by atoms with Gasteiger partial charge < -0.3 is 5.73 Å². The minimum Gasteiger partial charge on any atom is -0.399 e. The highest BCUT2D eigenvalue weighted by Gasteiger charge is 2.13. The summed E-state index contributed by atoms with van der Waals surface area (Å²) in [5.41, 5.74) is 6.19. The van der Waals surface area contributed by atoms with Gasteiger partial charge in [-0.1, -0.05) is 0 Å². The maximum atomic E-state index is 10.6. The van der Waals surface area contributed by atoms with Crippen LogP contribution in [0.15, 0.2) is 18.3 Å². The number of H-pyrrole nitrogens is 1. The number of non-ortho nitro benzene ring substituents is 1. The van der Waals surface area contributed by atoms with Gasteiger partial charge in [-0.25, -0.2) is 0 Å². The fourth-order valence-corrected chi connectivity index (χ4v) is 1.21. The maximum Gasteiger partial charge on any atom is 0.296 e. The highest BCUT2D eigenvalue weighted by atomic mass is 16.6. The number of rotatable bonds is 1. The molecule has 1 heterocycles. The van der Waals surface area contributed by atoms with Crippen LogP contribution in [0.3, 0.4) is 0 Å². The number of nitrogens with two attached hydrogens (primary N) is 1. The molecule has 13 heavy (non-hydrogen) atoms. The van der Waals surface area contributed by atoms with Gasteiger partial charge >= 0.3 is 0 Å². The van der Waals surface area contributed by atoms with Crippen LogP contribution in [0.1, 0.15) is 0 Å². The van der Waals surface area contributed by atoms with Crippen molar-refractivity contribution in [2.75, 3.05) is 5.73 Å². The summed E-state index contributed by atoms with van der Waals surface area (Å²) in [5, 5.41) is 17.5. The maximum absolute atomic E-state index is 10.6. The minimum absolute atomic E-state index is 0.0486. The monoisotopic (exact) mass is 178 g/mol. The number of aromatic nitrogens is 2. The molecule has 1 aromatic heterocycles. The minimum atomic E-state index is -0.489. The van der Waals surface area contributed by atoms with Crippen molar-refractivity contribution in [3.63, 3.8) is 0 Å². The third kappa shape index (κ3) is 1.08. The Morgan fingerprint density at radius 2 is 2.31 bits per heavy atom. The average Bonchev–Trinajstić information content (AvgIpc) is 2.49. The number of nitrogen functional groups attached to an aromatic ring is 1. The van der Waals surface area contributed by atoms with Gasteiger partial charge in [-0.2, -0.15) is 5.10 Å². The van der Waals surface area contributed by atoms with E-state index in [2.05, 4.69) is 10.2 Å². The third-order valence-electron chi connectivity index (χ3n) is 1.75. The summed E-state index contributed by atoms with van der Waals surface area (Å²) in [4.78, 5) is 10.1. The fraction of sp³-hybridized carbons (Fsp3) is 0. The molecule has 66 valence electrons. The molecule has 2 rings (SSSR count). The van der Waals surface area contributed by atoms with Gasteiger partial charge in [-0.05, 0) is 6.07 Å². The predicted molar refractivity (Wildman–Crippen MR) is 47.2 cm³/mol. The zero-order chi connectivity index (χ0) is 9.42. The first-order valence-electron chi connectivity index (χ1n) is 3.55. The number of nitro groups is 1. The van der Waals surface area contributed by atoms with Crippen LogP contribution in [0.5, 0.6) is 0 Å². The van der Waals surface area contributed by atoms with E-state index < -0.39 is 4.92 Å². The van der Waals surface area contributed by atoms with Crippen molar-refractivity contribution in [3.8, 4) is 0 Å². The van der Waals surface area contributed by atoms with Crippen LogP contribution in [0.25, 0.3) is 10.9 Å². The molecule has 3 N–H and O–H groups in total. The molecule has 0 atom stereocenters. The Hall–Kier alpha value is -2.11. The van der Waals surface area contributed by atoms with Gasteiger partial charge in [0.05, 0.1) is 11.1 Å². The van der Waals surface area contributed by atoms with E-state index in [1.165, 1.54) is 12.3 Å². The summed E-state index contributed by atoms with van der Waals surface area (Å²) >= 11 is 0. The van der Waals surface area contributed by atoms with Crippen molar-refractivity contribution in [2.45, 2.75) is 0 Å². The fourth-order valence-electron chi connectivity index (χ4n) is 1.21. The molecule has 0 aliphatic heterocycles. The van der Waals surface area contributed by atoms with Gasteiger partial charge in [0, 0.05) is 17.1 Å². The lowest BCUT2D eigenvalue weighted by Crippen LogP contribution is -1.92. The molecule has 0 aliphatic carbocycles. The third-order valence-corrected chi connectivity index (χ3v) is 1.75. The van der Waals surface area contributed by atoms with Crippen LogP contribution in [-0.2, 0) is 0 Å². The Bertz CT molecular complexity index is 476. The zero-order valence-corrected chi connectivity index (χ0v) is 6.52. The van der Waals surface area contributed by atoms with Crippen molar-refractivity contribution in [2.24, 2.45) is 0 Å². The molecule has 6 nitrogen and oxygen atoms in total. The predicted octanol–water partition coefficient (Wildman–Crippen LogP) is 1.05. The van der Waals surface area contributed by atoms with Crippen LogP contribution in [0.4, 0.5) is 11.4 Å². The molecule has 0 spiro atoms. The standard InChI is InChI=1S/C7H6N4O2/c8-5-1-4-3-9-10-7(4)6(2-5)11(12)13/h1-3H,8H2,(H,9,10). The molecule has 6 heteroatoms. The lowest BCUT2D eigenvalue weighted by molar-refractivity contribution is -0.383. The highest BCUT2D eigenvalue weighted by Crippen LogP contribution is 2.26. The molecule has 0 amide bonds. The van der Waals surface area contributed by atoms with Crippen molar-refractivity contribution in [3.05, 3.63) is 28.4 Å². The Morgan fingerprint density at radius 1 is 1.54 bits per heavy atom. The molecule has 0 unspecified atom stereocenters. The van der Waals surface area contributed by atoms with Gasteiger partial charge in [0.1, 0.15) is 5.52 Å². The van der Waals surface area contributed by atoms with E-state index in [1.807, 2.05) is 0 Å². The van der Waals surface area contributed by atoms with Gasteiger partial charge in [-0.3, -0.25) is 15.2 Å². The summed E-state index contributed by atoms with van der Waals surface area (Å²) in [7, 11) is 0. The van der Waals surface area contributed by atoms with Crippen LogP contribution in [0.2, 0.25) is 0 Å². The molecule has 0 bridgehead atoms. The molecule has 0 saturated heterocycles. The van der Waals surface area contributed by atoms with Crippen LogP contribution in [-0.4, -0.2) is 15.1 Å². The number of nitrogens with one attached hydrogen (secondary N) is 1. The Balaban J connectivity index is 2.84. The van der Waals surface area contributed by atoms with Crippen molar-refractivity contribution >= 4 is 22.3 Å². The first kappa shape index (κ1) is 7.53. The van der Waals surface area contributed by atoms with E-state index in [9.17, 15) is 10.1 Å². The lowest BCUT2D eigenvalue weighted by Gasteiger charge is -1.95. The van der Waals surface area contributed by atoms with E-state index in [-0.39, 0.29) is 5.69 Å². The van der Waals surface area contributed by atoms with E-state index >= 15 is 0 Å². The molecule has 0 radical (unpaired) electrons. The number of nitrogens with zero attached hydrogens (tertiary/aromatic N) is 2. The number of fused-ring (bicyclic) bond motifs is 1. The van der Waals surface area contributed by atoms with E-state index in [1.54, 1.807) is 6.07 Å². The first-order chi connectivity index (χ1) is 6.18. The van der Waals surface area contributed by atoms with Crippen LogP contribution in [0, 0.1) is 10.1 Å². The van der Waals surface area contributed by atoms with Crippen LogP contribution < -0.4 is 5.73 Å². The van der Waals surface area contributed by atoms with Crippen LogP contribution >= 0.6 is 0 Å². The van der Waals surface area contributed by atoms with E-state index in [4.69, 9.17) is 5.73 Å². The summed E-state index contributed by atoms with van der Waals surface area (Å²) in [6.07, 6.45) is 1.50. The summed E-state index contributed by atoms with van der Waals surface area (Å²) in [6.45, 7) is 0. The molecular formula is C7H6N4O2. The Labute approximate surface area is 72.5 Å². The summed E-state index contributed by atoms with van der Waals surface area (Å²) < 4.78 is 0. The number of aromatic amines is 1. The van der Waals surface area contributed by atoms with Crippen molar-refractivity contribution in [1.82, 2.24) is 10.2 Å². The number of nitro benzene ring substituents is 1. The average molecular weight is 178 g/mol. The Kier molecular flexibility index (Phi) is 1.42. The second-order valence-electron chi connectivity index (χ2n) is 2.63. The SMILES string of the molecule is Nc1cc([N+](=O)[O-])c2[nH]ncc2c1. The van der Waals surface area contributed by atoms with Gasteiger partial charge in [0.25, 0.3) is 5.69 Å². The van der Waals surface area contributed by atoms with Crippen molar-refractivity contribution in [1.29, 1.82) is 0 Å². The summed E-state index contributed by atoms with van der Waals surface area (Å²) in [6, 6.07) is 2.94. The zero-order valence-electron chi connectivity index (χ0n) is 6.52. The normalized spacial score (nSPS) is 10.5. The molecule has 1 aromatic carbocycles. The Morgan fingerprint density at radius 3 is 3.00 bits per heavy atom. The van der Waals surface area contributed by atoms with Crippen molar-refractivity contribution < 1.29 is 4.92 Å². The second kappa shape index (κ2) is 2.44. The summed E-state index contributed by atoms with van der Waals surface area (Å²) in [5.74, 6) is 0. The molecule has 2 aromatic rings.